The van der Waals surface area contributed by atoms with Crippen LogP contribution in [-0.2, 0) is 20.9 Å². The molecule has 0 unspecified atom stereocenters. The second-order valence-electron chi connectivity index (χ2n) is 9.04. The van der Waals surface area contributed by atoms with Crippen molar-refractivity contribution in [2.45, 2.75) is 59.3 Å². The zero-order chi connectivity index (χ0) is 25.4. The molecule has 0 spiro atoms. The molecule has 0 bridgehead atoms. The van der Waals surface area contributed by atoms with Crippen LogP contribution in [0.15, 0.2) is 30.3 Å². The van der Waals surface area contributed by atoms with E-state index in [1.54, 1.807) is 30.3 Å². The van der Waals surface area contributed by atoms with Crippen molar-refractivity contribution in [1.82, 2.24) is 0 Å². The molecule has 0 aromatic heterocycles. The number of carbonyl (C=O) groups excluding carboxylic acids is 2. The normalized spacial score (nSPS) is 13.9. The van der Waals surface area contributed by atoms with Crippen LogP contribution in [0.5, 0.6) is 5.75 Å². The topological polar surface area (TPSA) is 78.6 Å². The highest BCUT2D eigenvalue weighted by Crippen LogP contribution is 2.37. The van der Waals surface area contributed by atoms with Crippen LogP contribution in [-0.4, -0.2) is 22.9 Å². The monoisotopic (exact) mass is 469 g/mol. The van der Waals surface area contributed by atoms with Gasteiger partial charge in [-0.3, -0.25) is 9.59 Å². The maximum Gasteiger partial charge on any atom is 0.314 e. The molecule has 0 amide bonds. The van der Waals surface area contributed by atoms with Crippen LogP contribution in [0.4, 0.5) is 17.6 Å². The van der Waals surface area contributed by atoms with Crippen molar-refractivity contribution in [2.75, 3.05) is 0 Å². The molecule has 0 saturated carbocycles. The highest BCUT2D eigenvalue weighted by Gasteiger charge is 2.55. The first-order valence-electron chi connectivity index (χ1n) is 10.1. The van der Waals surface area contributed by atoms with Crippen LogP contribution in [0.25, 0.3) is 0 Å². The second kappa shape index (κ2) is 9.13. The summed E-state index contributed by atoms with van der Waals surface area (Å²) < 4.78 is 66.9. The van der Waals surface area contributed by atoms with Crippen LogP contribution in [0, 0.1) is 35.6 Å². The van der Waals surface area contributed by atoms with E-state index in [1.807, 2.05) is 0 Å². The highest BCUT2D eigenvalue weighted by atomic mass is 19.2. The van der Waals surface area contributed by atoms with E-state index >= 15 is 0 Å². The lowest BCUT2D eigenvalue weighted by molar-refractivity contribution is -0.164. The Hall–Kier alpha value is -2.94. The number of carbonyl (C=O) groups is 2. The molecule has 2 aromatic carbocycles. The third-order valence-electron chi connectivity index (χ3n) is 5.84. The fraction of sp³-hybridized carbons (Fsp3) is 0.417. The number of esters is 1. The van der Waals surface area contributed by atoms with Crippen LogP contribution in [0.1, 0.15) is 45.7 Å². The molecule has 0 saturated heterocycles. The number of benzene rings is 2. The number of hydrogen-bond acceptors (Lipinski definition) is 5. The van der Waals surface area contributed by atoms with Gasteiger partial charge in [-0.15, -0.1) is 0 Å². The summed E-state index contributed by atoms with van der Waals surface area (Å²) in [5.74, 6) is -10.0. The van der Waals surface area contributed by atoms with Gasteiger partial charge in [0.1, 0.15) is 6.61 Å². The third-order valence-corrected chi connectivity index (χ3v) is 5.84. The molecule has 33 heavy (non-hydrogen) atoms. The molecule has 0 aliphatic carbocycles. The van der Waals surface area contributed by atoms with Gasteiger partial charge in [-0.2, -0.15) is 8.78 Å². The van der Waals surface area contributed by atoms with Crippen molar-refractivity contribution >= 4 is 11.8 Å². The largest absolute Gasteiger partial charge is 0.474 e. The van der Waals surface area contributed by atoms with Gasteiger partial charge in [0.05, 0.1) is 11.0 Å². The molecule has 9 heteroatoms. The van der Waals surface area contributed by atoms with Crippen molar-refractivity contribution in [3.05, 3.63) is 64.7 Å². The summed E-state index contributed by atoms with van der Waals surface area (Å²) in [4.78, 5) is 26.1. The lowest BCUT2D eigenvalue weighted by Crippen LogP contribution is -2.65. The molecule has 0 aliphatic rings. The minimum absolute atomic E-state index is 0.0639. The maximum absolute atomic E-state index is 14.3. The summed E-state index contributed by atoms with van der Waals surface area (Å²) in [6.07, 6.45) is 0. The minimum Gasteiger partial charge on any atom is -0.474 e. The molecule has 180 valence electrons. The molecule has 2 aromatic rings. The fourth-order valence-corrected chi connectivity index (χ4v) is 3.14. The van der Waals surface area contributed by atoms with E-state index < -0.39 is 62.9 Å². The van der Waals surface area contributed by atoms with E-state index in [-0.39, 0.29) is 6.61 Å². The van der Waals surface area contributed by atoms with Gasteiger partial charge in [0.2, 0.25) is 11.6 Å². The Morgan fingerprint density at radius 3 is 1.85 bits per heavy atom. The number of Topliss-reactive ketones (excluding diaryl/α,β-unsaturated/α-hetero) is 1. The zero-order valence-electron chi connectivity index (χ0n) is 19.3. The molecule has 1 atom stereocenters. The smallest absolute Gasteiger partial charge is 0.314 e. The van der Waals surface area contributed by atoms with Crippen molar-refractivity contribution in [1.29, 1.82) is 0 Å². The molecule has 5 nitrogen and oxygen atoms in total. The average molecular weight is 469 g/mol. The Balaban J connectivity index is 2.31. The molecule has 0 radical (unpaired) electrons. The van der Waals surface area contributed by atoms with Gasteiger partial charge in [-0.25, -0.2) is 8.78 Å². The van der Waals surface area contributed by atoms with E-state index in [4.69, 9.17) is 15.2 Å². The first-order chi connectivity index (χ1) is 15.1. The summed E-state index contributed by atoms with van der Waals surface area (Å²) in [6.45, 7) is 7.04. The lowest BCUT2D eigenvalue weighted by atomic mass is 9.68. The molecule has 2 rings (SSSR count). The van der Waals surface area contributed by atoms with Crippen LogP contribution in [0.2, 0.25) is 0 Å². The number of nitrogens with two attached hydrogens (primary N) is 1. The first-order valence-corrected chi connectivity index (χ1v) is 10.1. The Labute approximate surface area is 189 Å². The van der Waals surface area contributed by atoms with Crippen molar-refractivity contribution in [2.24, 2.45) is 11.1 Å². The van der Waals surface area contributed by atoms with Crippen molar-refractivity contribution in [3.63, 3.8) is 0 Å². The van der Waals surface area contributed by atoms with E-state index in [9.17, 15) is 27.2 Å². The molecule has 0 fully saturated rings. The summed E-state index contributed by atoms with van der Waals surface area (Å²) >= 11 is 0. The van der Waals surface area contributed by atoms with Crippen LogP contribution >= 0.6 is 0 Å². The molecular formula is C24H27F4NO4. The predicted octanol–water partition coefficient (Wildman–Crippen LogP) is 4.76. The van der Waals surface area contributed by atoms with E-state index in [1.165, 1.54) is 20.8 Å². The Kier molecular flexibility index (Phi) is 7.28. The van der Waals surface area contributed by atoms with Gasteiger partial charge in [0, 0.05) is 5.56 Å². The zero-order valence-corrected chi connectivity index (χ0v) is 19.3. The van der Waals surface area contributed by atoms with E-state index in [0.717, 1.165) is 20.8 Å². The number of halogens is 4. The minimum atomic E-state index is -2.07. The van der Waals surface area contributed by atoms with Gasteiger partial charge in [-0.05, 0) is 47.1 Å². The second-order valence-corrected chi connectivity index (χ2v) is 9.04. The average Bonchev–Trinajstić information content (AvgIpc) is 2.77. The van der Waals surface area contributed by atoms with Crippen molar-refractivity contribution in [3.8, 4) is 5.75 Å². The fourth-order valence-electron chi connectivity index (χ4n) is 3.14. The molecule has 0 heterocycles. The van der Waals surface area contributed by atoms with E-state index in [0.29, 0.717) is 5.56 Å². The Morgan fingerprint density at radius 1 is 0.879 bits per heavy atom. The SMILES string of the molecule is Cc1c(F)c(F)c(OC(C)(C)C(=O)[C@](C)(N)C(C)(C)C(=O)OCc2ccccc2)c(F)c1F. The lowest BCUT2D eigenvalue weighted by Gasteiger charge is -2.42. The van der Waals surface area contributed by atoms with Gasteiger partial charge in [0.15, 0.2) is 28.8 Å². The third kappa shape index (κ3) is 4.88. The quantitative estimate of drug-likeness (QED) is 0.343. The number of rotatable bonds is 8. The molecular weight excluding hydrogens is 442 g/mol. The van der Waals surface area contributed by atoms with Gasteiger partial charge in [-0.1, -0.05) is 30.3 Å². The molecule has 0 aliphatic heterocycles. The summed E-state index contributed by atoms with van der Waals surface area (Å²) in [6, 6.07) is 8.81. The van der Waals surface area contributed by atoms with E-state index in [2.05, 4.69) is 0 Å². The van der Waals surface area contributed by atoms with Gasteiger partial charge in [0.25, 0.3) is 0 Å². The van der Waals surface area contributed by atoms with Crippen LogP contribution < -0.4 is 10.5 Å². The summed E-state index contributed by atoms with van der Waals surface area (Å²) in [7, 11) is 0. The van der Waals surface area contributed by atoms with Crippen molar-refractivity contribution < 1.29 is 36.6 Å². The first kappa shape index (κ1) is 26.3. The van der Waals surface area contributed by atoms with Gasteiger partial charge < -0.3 is 15.2 Å². The molecule has 2 N–H and O–H groups in total. The summed E-state index contributed by atoms with van der Waals surface area (Å²) in [5.41, 5.74) is 0.443. The number of ether oxygens (including phenoxy) is 2. The number of ketones is 1. The predicted molar refractivity (Wildman–Crippen MR) is 113 cm³/mol. The maximum atomic E-state index is 14.3. The standard InChI is InChI=1S/C24H27F4NO4/c1-13-15(25)17(27)19(18(28)16(13)26)33-23(4,5)20(30)24(6,29)22(2,3)21(31)32-12-14-10-8-7-9-11-14/h7-11H,12,29H2,1-6H3/t24-/m0/s1. The van der Waals surface area contributed by atoms with Gasteiger partial charge >= 0.3 is 5.97 Å². The highest BCUT2D eigenvalue weighted by molar-refractivity contribution is 6.00. The Bertz CT molecular complexity index is 1040. The summed E-state index contributed by atoms with van der Waals surface area (Å²) in [5, 5.41) is 0. The Morgan fingerprint density at radius 2 is 1.36 bits per heavy atom. The number of hydrogen-bond donors (Lipinski definition) is 1. The van der Waals surface area contributed by atoms with Crippen LogP contribution in [0.3, 0.4) is 0 Å².